The molecule has 0 aromatic carbocycles. The summed E-state index contributed by atoms with van der Waals surface area (Å²) in [4.78, 5) is 0. The molecule has 0 aliphatic heterocycles. The van der Waals surface area contributed by atoms with Gasteiger partial charge in [-0.15, -0.1) is 0 Å². The van der Waals surface area contributed by atoms with Crippen molar-refractivity contribution in [2.75, 3.05) is 0 Å². The van der Waals surface area contributed by atoms with E-state index in [1.807, 2.05) is 0 Å². The lowest BCUT2D eigenvalue weighted by Crippen LogP contribution is -1.99. The third kappa shape index (κ3) is 32.2. The van der Waals surface area contributed by atoms with Gasteiger partial charge in [0.25, 0.3) is 0 Å². The van der Waals surface area contributed by atoms with E-state index < -0.39 is 0 Å². The summed E-state index contributed by atoms with van der Waals surface area (Å²) in [6, 6.07) is 0. The van der Waals surface area contributed by atoms with Crippen molar-refractivity contribution < 1.29 is 0 Å². The van der Waals surface area contributed by atoms with Crippen LogP contribution in [0.5, 0.6) is 0 Å². The predicted molar refractivity (Wildman–Crippen MR) is 177 cm³/mol. The third-order valence-electron chi connectivity index (χ3n) is 9.09. The lowest BCUT2D eigenvalue weighted by molar-refractivity contribution is 0.404. The zero-order valence-electron chi connectivity index (χ0n) is 27.3. The SMILES string of the molecule is [CH2]CC(CCCCCCCCCCCCCCCC)CCCCCCCCCCCCCCCCCCC. The van der Waals surface area contributed by atoms with E-state index >= 15 is 0 Å². The van der Waals surface area contributed by atoms with Gasteiger partial charge < -0.3 is 0 Å². The maximum absolute atomic E-state index is 4.27. The van der Waals surface area contributed by atoms with Crippen molar-refractivity contribution in [3.63, 3.8) is 0 Å². The summed E-state index contributed by atoms with van der Waals surface area (Å²) in [6.07, 6.45) is 49.5. The van der Waals surface area contributed by atoms with E-state index in [2.05, 4.69) is 20.8 Å². The first kappa shape index (κ1) is 38.0. The fraction of sp³-hybridized carbons (Fsp3) is 0.974. The van der Waals surface area contributed by atoms with Gasteiger partial charge in [-0.25, -0.2) is 0 Å². The molecular formula is C38H77. The van der Waals surface area contributed by atoms with E-state index in [1.165, 1.54) is 212 Å². The third-order valence-corrected chi connectivity index (χ3v) is 9.09. The van der Waals surface area contributed by atoms with Gasteiger partial charge in [0.15, 0.2) is 0 Å². The van der Waals surface area contributed by atoms with Crippen LogP contribution < -0.4 is 0 Å². The molecule has 38 heavy (non-hydrogen) atoms. The van der Waals surface area contributed by atoms with E-state index in [1.54, 1.807) is 0 Å². The molecule has 1 atom stereocenters. The average Bonchev–Trinajstić information content (AvgIpc) is 2.93. The molecule has 0 fully saturated rings. The quantitative estimate of drug-likeness (QED) is 0.0721. The first-order chi connectivity index (χ1) is 18.8. The van der Waals surface area contributed by atoms with Crippen LogP contribution in [-0.4, -0.2) is 0 Å². The van der Waals surface area contributed by atoms with Gasteiger partial charge in [0.1, 0.15) is 0 Å². The van der Waals surface area contributed by atoms with Gasteiger partial charge in [-0.3, -0.25) is 0 Å². The lowest BCUT2D eigenvalue weighted by atomic mass is 9.92. The standard InChI is InChI=1S/C38H77/c1-4-7-9-11-13-15-17-19-21-22-23-25-27-29-31-33-35-37-38(6-3)36-34-32-30-28-26-24-20-18-16-14-12-10-8-5-2/h38H,3-37H2,1-2H3. The van der Waals surface area contributed by atoms with Crippen LogP contribution in [0.2, 0.25) is 0 Å². The van der Waals surface area contributed by atoms with Crippen LogP contribution >= 0.6 is 0 Å². The van der Waals surface area contributed by atoms with Crippen molar-refractivity contribution in [2.45, 2.75) is 232 Å². The zero-order chi connectivity index (χ0) is 27.6. The average molecular weight is 534 g/mol. The number of hydrogen-bond acceptors (Lipinski definition) is 0. The highest BCUT2D eigenvalue weighted by Crippen LogP contribution is 2.22. The Balaban J connectivity index is 3.25. The van der Waals surface area contributed by atoms with Crippen LogP contribution in [0, 0.1) is 12.8 Å². The van der Waals surface area contributed by atoms with Crippen LogP contribution in [0.25, 0.3) is 0 Å². The van der Waals surface area contributed by atoms with Crippen molar-refractivity contribution in [3.8, 4) is 0 Å². The highest BCUT2D eigenvalue weighted by atomic mass is 14.1. The molecule has 0 N–H and O–H groups in total. The minimum atomic E-state index is 0.906. The summed E-state index contributed by atoms with van der Waals surface area (Å²) >= 11 is 0. The monoisotopic (exact) mass is 534 g/mol. The largest absolute Gasteiger partial charge is 0.0654 e. The molecular weight excluding hydrogens is 456 g/mol. The van der Waals surface area contributed by atoms with Crippen molar-refractivity contribution in [1.82, 2.24) is 0 Å². The smallest absolute Gasteiger partial charge is 0.0414 e. The summed E-state index contributed by atoms with van der Waals surface area (Å²) < 4.78 is 0. The molecule has 0 heterocycles. The summed E-state index contributed by atoms with van der Waals surface area (Å²) in [5.74, 6) is 0.906. The molecule has 0 spiro atoms. The minimum absolute atomic E-state index is 0.906. The predicted octanol–water partition coefficient (Wildman–Crippen LogP) is 14.7. The van der Waals surface area contributed by atoms with E-state index in [0.29, 0.717) is 0 Å². The van der Waals surface area contributed by atoms with Crippen LogP contribution in [-0.2, 0) is 0 Å². The van der Waals surface area contributed by atoms with Gasteiger partial charge in [-0.1, -0.05) is 239 Å². The van der Waals surface area contributed by atoms with Gasteiger partial charge in [-0.05, 0) is 5.92 Å². The first-order valence-corrected chi connectivity index (χ1v) is 18.6. The molecule has 0 aliphatic rings. The van der Waals surface area contributed by atoms with Crippen molar-refractivity contribution in [1.29, 1.82) is 0 Å². The zero-order valence-corrected chi connectivity index (χ0v) is 27.3. The van der Waals surface area contributed by atoms with Gasteiger partial charge in [0.2, 0.25) is 0 Å². The molecule has 0 bridgehead atoms. The molecule has 0 heteroatoms. The highest BCUT2D eigenvalue weighted by Gasteiger charge is 2.06. The molecule has 0 aliphatic carbocycles. The summed E-state index contributed by atoms with van der Waals surface area (Å²) in [5.41, 5.74) is 0. The number of hydrogen-bond donors (Lipinski definition) is 0. The van der Waals surface area contributed by atoms with Crippen molar-refractivity contribution >= 4 is 0 Å². The second-order valence-electron chi connectivity index (χ2n) is 13.0. The lowest BCUT2D eigenvalue weighted by Gasteiger charge is -2.14. The Morgan fingerprint density at radius 1 is 0.289 bits per heavy atom. The molecule has 1 radical (unpaired) electrons. The Bertz CT molecular complexity index is 385. The summed E-state index contributed by atoms with van der Waals surface area (Å²) in [7, 11) is 0. The van der Waals surface area contributed by atoms with Gasteiger partial charge >= 0.3 is 0 Å². The fourth-order valence-electron chi connectivity index (χ4n) is 6.22. The van der Waals surface area contributed by atoms with Gasteiger partial charge in [0, 0.05) is 0 Å². The first-order valence-electron chi connectivity index (χ1n) is 18.6. The van der Waals surface area contributed by atoms with Crippen LogP contribution in [0.3, 0.4) is 0 Å². The second-order valence-corrected chi connectivity index (χ2v) is 13.0. The molecule has 0 aromatic heterocycles. The Labute approximate surface area is 244 Å². The number of unbranched alkanes of at least 4 members (excludes halogenated alkanes) is 29. The van der Waals surface area contributed by atoms with Gasteiger partial charge in [0.05, 0.1) is 0 Å². The maximum Gasteiger partial charge on any atom is -0.0414 e. The van der Waals surface area contributed by atoms with Crippen LogP contribution in [0.1, 0.15) is 232 Å². The molecule has 0 nitrogen and oxygen atoms in total. The molecule has 229 valence electrons. The second kappa shape index (κ2) is 35.0. The van der Waals surface area contributed by atoms with Crippen LogP contribution in [0.15, 0.2) is 0 Å². The topological polar surface area (TPSA) is 0 Å². The van der Waals surface area contributed by atoms with Gasteiger partial charge in [-0.2, -0.15) is 0 Å². The Kier molecular flexibility index (Phi) is 35.0. The number of rotatable bonds is 34. The van der Waals surface area contributed by atoms with E-state index in [9.17, 15) is 0 Å². The molecule has 0 aromatic rings. The molecule has 0 rings (SSSR count). The van der Waals surface area contributed by atoms with Crippen LogP contribution in [0.4, 0.5) is 0 Å². The maximum atomic E-state index is 4.27. The fourth-order valence-corrected chi connectivity index (χ4v) is 6.22. The molecule has 0 saturated carbocycles. The summed E-state index contributed by atoms with van der Waals surface area (Å²) in [5, 5.41) is 0. The van der Waals surface area contributed by atoms with Crippen molar-refractivity contribution in [3.05, 3.63) is 6.92 Å². The summed E-state index contributed by atoms with van der Waals surface area (Å²) in [6.45, 7) is 8.88. The highest BCUT2D eigenvalue weighted by molar-refractivity contribution is 4.62. The molecule has 0 amide bonds. The Morgan fingerprint density at radius 3 is 0.658 bits per heavy atom. The van der Waals surface area contributed by atoms with Crippen molar-refractivity contribution in [2.24, 2.45) is 5.92 Å². The van der Waals surface area contributed by atoms with E-state index in [0.717, 1.165) is 12.3 Å². The Hall–Kier alpha value is 0. The van der Waals surface area contributed by atoms with E-state index in [-0.39, 0.29) is 0 Å². The Morgan fingerprint density at radius 2 is 0.474 bits per heavy atom. The normalized spacial score (nSPS) is 12.4. The molecule has 0 saturated heterocycles. The minimum Gasteiger partial charge on any atom is -0.0654 e. The van der Waals surface area contributed by atoms with E-state index in [4.69, 9.17) is 0 Å². The molecule has 1 unspecified atom stereocenters.